The van der Waals surface area contributed by atoms with Crippen LogP contribution in [0.2, 0.25) is 0 Å². The van der Waals surface area contributed by atoms with Gasteiger partial charge in [0.05, 0.1) is 17.6 Å². The third kappa shape index (κ3) is 2.13. The molecule has 0 bridgehead atoms. The van der Waals surface area contributed by atoms with Crippen molar-refractivity contribution in [3.8, 4) is 5.69 Å². The van der Waals surface area contributed by atoms with E-state index in [0.29, 0.717) is 11.4 Å². The van der Waals surface area contributed by atoms with Crippen LogP contribution in [0.4, 0.5) is 14.5 Å². The summed E-state index contributed by atoms with van der Waals surface area (Å²) in [6.07, 6.45) is 1.53. The summed E-state index contributed by atoms with van der Waals surface area (Å²) in [5.41, 5.74) is 7.17. The van der Waals surface area contributed by atoms with Crippen LogP contribution in [-0.2, 0) is 0 Å². The maximum Gasteiger partial charge on any atom is 0.151 e. The van der Waals surface area contributed by atoms with Gasteiger partial charge in [0, 0.05) is 6.07 Å². The first kappa shape index (κ1) is 11.6. The Morgan fingerprint density at radius 1 is 1.29 bits per heavy atom. The van der Waals surface area contributed by atoms with E-state index >= 15 is 0 Å². The lowest BCUT2D eigenvalue weighted by Gasteiger charge is -2.03. The Morgan fingerprint density at radius 3 is 2.53 bits per heavy atom. The fraction of sp³-hybridized carbons (Fsp3) is 0.250. The highest BCUT2D eigenvalue weighted by atomic mass is 19.1. The molecule has 0 amide bonds. The third-order valence-electron chi connectivity index (χ3n) is 2.48. The quantitative estimate of drug-likeness (QED) is 0.872. The van der Waals surface area contributed by atoms with Crippen LogP contribution in [0.15, 0.2) is 24.4 Å². The summed E-state index contributed by atoms with van der Waals surface area (Å²) in [5, 5.41) is 4.20. The molecule has 3 nitrogen and oxygen atoms in total. The van der Waals surface area contributed by atoms with Gasteiger partial charge in [0.15, 0.2) is 5.82 Å². The zero-order valence-corrected chi connectivity index (χ0v) is 9.61. The number of benzene rings is 1. The number of nitrogen functional groups attached to an aromatic ring is 1. The summed E-state index contributed by atoms with van der Waals surface area (Å²) in [4.78, 5) is 0. The van der Waals surface area contributed by atoms with Gasteiger partial charge in [0.25, 0.3) is 0 Å². The van der Waals surface area contributed by atoms with Gasteiger partial charge in [-0.1, -0.05) is 13.8 Å². The van der Waals surface area contributed by atoms with Crippen molar-refractivity contribution in [2.45, 2.75) is 19.8 Å². The Morgan fingerprint density at radius 2 is 2.00 bits per heavy atom. The van der Waals surface area contributed by atoms with E-state index in [4.69, 9.17) is 5.73 Å². The van der Waals surface area contributed by atoms with Gasteiger partial charge in [-0.05, 0) is 18.1 Å². The molecule has 1 heterocycles. The Kier molecular flexibility index (Phi) is 2.83. The topological polar surface area (TPSA) is 43.8 Å². The van der Waals surface area contributed by atoms with Gasteiger partial charge in [-0.3, -0.25) is 0 Å². The molecule has 0 aliphatic carbocycles. The maximum atomic E-state index is 13.5. The second kappa shape index (κ2) is 4.16. The maximum absolute atomic E-state index is 13.5. The Labute approximate surface area is 97.9 Å². The van der Waals surface area contributed by atoms with Crippen molar-refractivity contribution < 1.29 is 8.78 Å². The first-order valence-electron chi connectivity index (χ1n) is 5.29. The highest BCUT2D eigenvalue weighted by molar-refractivity contribution is 5.46. The van der Waals surface area contributed by atoms with E-state index < -0.39 is 11.6 Å². The number of hydrogen-bond donors (Lipinski definition) is 1. The van der Waals surface area contributed by atoms with Gasteiger partial charge >= 0.3 is 0 Å². The van der Waals surface area contributed by atoms with Crippen LogP contribution in [0.5, 0.6) is 0 Å². The van der Waals surface area contributed by atoms with E-state index in [0.717, 1.165) is 6.07 Å². The van der Waals surface area contributed by atoms with E-state index in [1.54, 1.807) is 0 Å². The van der Waals surface area contributed by atoms with Crippen LogP contribution in [0, 0.1) is 11.6 Å². The smallest absolute Gasteiger partial charge is 0.151 e. The molecule has 2 N–H and O–H groups in total. The minimum atomic E-state index is -0.664. The number of halogens is 2. The van der Waals surface area contributed by atoms with Gasteiger partial charge in [-0.15, -0.1) is 0 Å². The van der Waals surface area contributed by atoms with Gasteiger partial charge in [0.2, 0.25) is 0 Å². The van der Waals surface area contributed by atoms with Crippen LogP contribution in [0.1, 0.15) is 25.5 Å². The van der Waals surface area contributed by atoms with Gasteiger partial charge in [-0.25, -0.2) is 13.5 Å². The summed E-state index contributed by atoms with van der Waals surface area (Å²) in [6, 6.07) is 3.34. The van der Waals surface area contributed by atoms with Crippen LogP contribution < -0.4 is 5.73 Å². The van der Waals surface area contributed by atoms with Crippen molar-refractivity contribution in [2.75, 3.05) is 5.73 Å². The molecule has 0 unspecified atom stereocenters. The normalized spacial score (nSPS) is 11.1. The standard InChI is InChI=1S/C12H13F2N3/c1-7(2)12-10(15)6-17(16-12)11-4-3-8(13)5-9(11)14/h3-7H,15H2,1-2H3. The number of hydrogen-bond acceptors (Lipinski definition) is 2. The Hall–Kier alpha value is -1.91. The minimum Gasteiger partial charge on any atom is -0.396 e. The second-order valence-corrected chi connectivity index (χ2v) is 4.16. The number of nitrogens with zero attached hydrogens (tertiary/aromatic N) is 2. The summed E-state index contributed by atoms with van der Waals surface area (Å²) < 4.78 is 27.7. The van der Waals surface area contributed by atoms with Crippen molar-refractivity contribution in [1.82, 2.24) is 9.78 Å². The van der Waals surface area contributed by atoms with Crippen molar-refractivity contribution in [2.24, 2.45) is 0 Å². The molecule has 90 valence electrons. The van der Waals surface area contributed by atoms with E-state index in [1.807, 2.05) is 13.8 Å². The first-order valence-corrected chi connectivity index (χ1v) is 5.29. The largest absolute Gasteiger partial charge is 0.396 e. The van der Waals surface area contributed by atoms with E-state index in [2.05, 4.69) is 5.10 Å². The molecular formula is C12H13F2N3. The predicted octanol–water partition coefficient (Wildman–Crippen LogP) is 2.86. The molecule has 5 heteroatoms. The van der Waals surface area contributed by atoms with Crippen LogP contribution in [0.25, 0.3) is 5.69 Å². The molecule has 0 radical (unpaired) electrons. The van der Waals surface area contributed by atoms with Crippen molar-refractivity contribution >= 4 is 5.69 Å². The highest BCUT2D eigenvalue weighted by Crippen LogP contribution is 2.22. The number of nitrogens with two attached hydrogens (primary N) is 1. The van der Waals surface area contributed by atoms with Crippen LogP contribution in [0.3, 0.4) is 0 Å². The molecule has 0 spiro atoms. The first-order chi connectivity index (χ1) is 7.99. The molecule has 0 saturated carbocycles. The fourth-order valence-electron chi connectivity index (χ4n) is 1.64. The summed E-state index contributed by atoms with van der Waals surface area (Å²) >= 11 is 0. The third-order valence-corrected chi connectivity index (χ3v) is 2.48. The lowest BCUT2D eigenvalue weighted by Crippen LogP contribution is -2.00. The van der Waals surface area contributed by atoms with E-state index in [-0.39, 0.29) is 11.6 Å². The number of rotatable bonds is 2. The molecule has 0 aliphatic heterocycles. The molecule has 1 aromatic carbocycles. The molecular weight excluding hydrogens is 224 g/mol. The molecule has 0 fully saturated rings. The average Bonchev–Trinajstić information content (AvgIpc) is 2.60. The highest BCUT2D eigenvalue weighted by Gasteiger charge is 2.13. The SMILES string of the molecule is CC(C)c1nn(-c2ccc(F)cc2F)cc1N. The molecule has 0 aliphatic rings. The van der Waals surface area contributed by atoms with Crippen LogP contribution in [-0.4, -0.2) is 9.78 Å². The summed E-state index contributed by atoms with van der Waals surface area (Å²) in [6.45, 7) is 3.90. The van der Waals surface area contributed by atoms with Gasteiger partial charge < -0.3 is 5.73 Å². The lowest BCUT2D eigenvalue weighted by atomic mass is 10.1. The Bertz CT molecular complexity index is 547. The zero-order valence-electron chi connectivity index (χ0n) is 9.61. The number of aromatic nitrogens is 2. The van der Waals surface area contributed by atoms with Crippen molar-refractivity contribution in [1.29, 1.82) is 0 Å². The van der Waals surface area contributed by atoms with Crippen LogP contribution >= 0.6 is 0 Å². The fourth-order valence-corrected chi connectivity index (χ4v) is 1.64. The number of anilines is 1. The molecule has 1 aromatic heterocycles. The predicted molar refractivity (Wildman–Crippen MR) is 62.0 cm³/mol. The zero-order chi connectivity index (χ0) is 12.6. The molecule has 2 aromatic rings. The summed E-state index contributed by atoms with van der Waals surface area (Å²) in [5.74, 6) is -1.13. The van der Waals surface area contributed by atoms with Gasteiger partial charge in [0.1, 0.15) is 11.5 Å². The molecule has 17 heavy (non-hydrogen) atoms. The molecule has 0 saturated heterocycles. The van der Waals surface area contributed by atoms with E-state index in [9.17, 15) is 8.78 Å². The Balaban J connectivity index is 2.50. The van der Waals surface area contributed by atoms with Crippen molar-refractivity contribution in [3.63, 3.8) is 0 Å². The molecule has 2 rings (SSSR count). The van der Waals surface area contributed by atoms with Gasteiger partial charge in [-0.2, -0.15) is 5.10 Å². The molecule has 0 atom stereocenters. The monoisotopic (exact) mass is 237 g/mol. The average molecular weight is 237 g/mol. The minimum absolute atomic E-state index is 0.153. The lowest BCUT2D eigenvalue weighted by molar-refractivity contribution is 0.572. The van der Waals surface area contributed by atoms with Crippen molar-refractivity contribution in [3.05, 3.63) is 41.7 Å². The summed E-state index contributed by atoms with van der Waals surface area (Å²) in [7, 11) is 0. The van der Waals surface area contributed by atoms with E-state index in [1.165, 1.54) is 23.0 Å². The second-order valence-electron chi connectivity index (χ2n) is 4.16.